The number of rotatable bonds is 2. The largest absolute Gasteiger partial charge is 0.481 e. The third-order valence-corrected chi connectivity index (χ3v) is 3.18. The predicted octanol–water partition coefficient (Wildman–Crippen LogP) is 1.53. The van der Waals surface area contributed by atoms with Gasteiger partial charge in [-0.3, -0.25) is 9.59 Å². The van der Waals surface area contributed by atoms with Gasteiger partial charge in [-0.2, -0.15) is 0 Å². The van der Waals surface area contributed by atoms with E-state index < -0.39 is 35.3 Å². The summed E-state index contributed by atoms with van der Waals surface area (Å²) in [6.45, 7) is -0.0478. The smallest absolute Gasteiger partial charge is 0.316 e. The molecule has 0 saturated carbocycles. The highest BCUT2D eigenvalue weighted by Crippen LogP contribution is 2.33. The van der Waals surface area contributed by atoms with Gasteiger partial charge in [0, 0.05) is 12.5 Å². The van der Waals surface area contributed by atoms with Gasteiger partial charge in [-0.1, -0.05) is 11.6 Å². The average molecular weight is 276 g/mol. The van der Waals surface area contributed by atoms with Crippen molar-refractivity contribution in [2.75, 3.05) is 6.54 Å². The number of aliphatic carboxylic acids is 1. The SMILES string of the molecule is O=C(O)[C@@H]1C(=O)NC[C@H]1c1cc(F)c(Cl)cc1F. The second kappa shape index (κ2) is 4.53. The lowest BCUT2D eigenvalue weighted by Crippen LogP contribution is -2.27. The molecule has 1 aromatic rings. The van der Waals surface area contributed by atoms with Crippen molar-refractivity contribution in [2.24, 2.45) is 5.92 Å². The topological polar surface area (TPSA) is 66.4 Å². The van der Waals surface area contributed by atoms with Crippen LogP contribution in [0.4, 0.5) is 8.78 Å². The Morgan fingerprint density at radius 2 is 2.06 bits per heavy atom. The zero-order valence-corrected chi connectivity index (χ0v) is 9.67. The Labute approximate surface area is 106 Å². The molecular formula is C11H8ClF2NO3. The Bertz CT molecular complexity index is 535. The Hall–Kier alpha value is -1.69. The van der Waals surface area contributed by atoms with Crippen LogP contribution in [-0.4, -0.2) is 23.5 Å². The number of halogens is 3. The molecule has 0 aliphatic carbocycles. The van der Waals surface area contributed by atoms with Gasteiger partial charge in [0.05, 0.1) is 5.02 Å². The van der Waals surface area contributed by atoms with Gasteiger partial charge in [0.15, 0.2) is 0 Å². The summed E-state index contributed by atoms with van der Waals surface area (Å²) < 4.78 is 26.9. The van der Waals surface area contributed by atoms with Crippen LogP contribution in [0.3, 0.4) is 0 Å². The van der Waals surface area contributed by atoms with Crippen molar-refractivity contribution in [1.29, 1.82) is 0 Å². The van der Waals surface area contributed by atoms with Gasteiger partial charge in [0.1, 0.15) is 17.6 Å². The molecule has 0 radical (unpaired) electrons. The summed E-state index contributed by atoms with van der Waals surface area (Å²) in [4.78, 5) is 22.3. The van der Waals surface area contributed by atoms with Crippen LogP contribution in [0, 0.1) is 17.6 Å². The van der Waals surface area contributed by atoms with E-state index in [9.17, 15) is 18.4 Å². The van der Waals surface area contributed by atoms with E-state index in [0.29, 0.717) is 0 Å². The van der Waals surface area contributed by atoms with Gasteiger partial charge < -0.3 is 10.4 Å². The van der Waals surface area contributed by atoms with Crippen molar-refractivity contribution in [1.82, 2.24) is 5.32 Å². The Balaban J connectivity index is 2.46. The molecule has 1 heterocycles. The monoisotopic (exact) mass is 275 g/mol. The molecule has 1 aliphatic heterocycles. The van der Waals surface area contributed by atoms with E-state index in [0.717, 1.165) is 12.1 Å². The van der Waals surface area contributed by atoms with Crippen LogP contribution in [0.25, 0.3) is 0 Å². The van der Waals surface area contributed by atoms with E-state index in [1.54, 1.807) is 0 Å². The molecular weight excluding hydrogens is 268 g/mol. The molecule has 0 bridgehead atoms. The van der Waals surface area contributed by atoms with E-state index in [1.165, 1.54) is 0 Å². The number of nitrogens with one attached hydrogen (secondary N) is 1. The van der Waals surface area contributed by atoms with Gasteiger partial charge in [0.2, 0.25) is 5.91 Å². The minimum atomic E-state index is -1.42. The molecule has 18 heavy (non-hydrogen) atoms. The molecule has 1 aromatic carbocycles. The van der Waals surface area contributed by atoms with Gasteiger partial charge in [0.25, 0.3) is 0 Å². The van der Waals surface area contributed by atoms with Crippen molar-refractivity contribution in [3.05, 3.63) is 34.4 Å². The zero-order chi connectivity index (χ0) is 13.4. The lowest BCUT2D eigenvalue weighted by molar-refractivity contribution is -0.145. The van der Waals surface area contributed by atoms with Crippen LogP contribution in [0.2, 0.25) is 5.02 Å². The Morgan fingerprint density at radius 1 is 1.39 bits per heavy atom. The molecule has 1 saturated heterocycles. The molecule has 7 heteroatoms. The number of hydrogen-bond donors (Lipinski definition) is 2. The minimum absolute atomic E-state index is 0.0478. The molecule has 2 N–H and O–H groups in total. The average Bonchev–Trinajstić information content (AvgIpc) is 2.65. The number of carboxylic acid groups (broad SMARTS) is 1. The normalized spacial score (nSPS) is 22.9. The van der Waals surface area contributed by atoms with Crippen molar-refractivity contribution in [3.8, 4) is 0 Å². The Morgan fingerprint density at radius 3 is 2.67 bits per heavy atom. The Kier molecular flexibility index (Phi) is 3.21. The maximum absolute atomic E-state index is 13.7. The molecule has 1 amide bonds. The first kappa shape index (κ1) is 12.8. The van der Waals surface area contributed by atoms with Crippen LogP contribution in [0.15, 0.2) is 12.1 Å². The van der Waals surface area contributed by atoms with Gasteiger partial charge in [-0.05, 0) is 17.7 Å². The first-order valence-corrected chi connectivity index (χ1v) is 5.44. The highest BCUT2D eigenvalue weighted by atomic mass is 35.5. The molecule has 2 atom stereocenters. The molecule has 4 nitrogen and oxygen atoms in total. The van der Waals surface area contributed by atoms with E-state index >= 15 is 0 Å². The van der Waals surface area contributed by atoms with E-state index in [-0.39, 0.29) is 17.1 Å². The van der Waals surface area contributed by atoms with Crippen LogP contribution in [-0.2, 0) is 9.59 Å². The highest BCUT2D eigenvalue weighted by molar-refractivity contribution is 6.30. The summed E-state index contributed by atoms with van der Waals surface area (Å²) in [5, 5.41) is 10.9. The number of amides is 1. The molecule has 0 aromatic heterocycles. The minimum Gasteiger partial charge on any atom is -0.481 e. The maximum atomic E-state index is 13.7. The van der Waals surface area contributed by atoms with Crippen LogP contribution < -0.4 is 5.32 Å². The van der Waals surface area contributed by atoms with Crippen molar-refractivity contribution in [3.63, 3.8) is 0 Å². The first-order valence-electron chi connectivity index (χ1n) is 5.06. The fraction of sp³-hybridized carbons (Fsp3) is 0.273. The van der Waals surface area contributed by atoms with Gasteiger partial charge >= 0.3 is 5.97 Å². The molecule has 2 rings (SSSR count). The number of benzene rings is 1. The summed E-state index contributed by atoms with van der Waals surface area (Å²) in [6, 6.07) is 1.60. The van der Waals surface area contributed by atoms with Crippen LogP contribution in [0.5, 0.6) is 0 Å². The number of hydrogen-bond acceptors (Lipinski definition) is 2. The quantitative estimate of drug-likeness (QED) is 0.635. The maximum Gasteiger partial charge on any atom is 0.316 e. The van der Waals surface area contributed by atoms with Crippen molar-refractivity contribution in [2.45, 2.75) is 5.92 Å². The summed E-state index contributed by atoms with van der Waals surface area (Å²) in [5.41, 5.74) is -0.164. The number of carboxylic acids is 1. The second-order valence-electron chi connectivity index (χ2n) is 3.96. The fourth-order valence-electron chi connectivity index (χ4n) is 2.02. The second-order valence-corrected chi connectivity index (χ2v) is 4.36. The van der Waals surface area contributed by atoms with Crippen LogP contribution >= 0.6 is 11.6 Å². The summed E-state index contributed by atoms with van der Waals surface area (Å²) in [7, 11) is 0. The zero-order valence-electron chi connectivity index (χ0n) is 8.91. The third-order valence-electron chi connectivity index (χ3n) is 2.89. The highest BCUT2D eigenvalue weighted by Gasteiger charge is 2.42. The van der Waals surface area contributed by atoms with Crippen molar-refractivity contribution >= 4 is 23.5 Å². The van der Waals surface area contributed by atoms with Gasteiger partial charge in [-0.15, -0.1) is 0 Å². The molecule has 0 unspecified atom stereocenters. The summed E-state index contributed by atoms with van der Waals surface area (Å²) in [5.74, 6) is -6.11. The number of carbonyl (C=O) groups excluding carboxylic acids is 1. The lowest BCUT2D eigenvalue weighted by Gasteiger charge is -2.14. The number of carbonyl (C=O) groups is 2. The summed E-state index contributed by atoms with van der Waals surface area (Å²) >= 11 is 5.41. The molecule has 1 aliphatic rings. The lowest BCUT2D eigenvalue weighted by atomic mass is 9.88. The molecule has 96 valence electrons. The predicted molar refractivity (Wildman–Crippen MR) is 58.2 cm³/mol. The first-order chi connectivity index (χ1) is 8.41. The van der Waals surface area contributed by atoms with Crippen molar-refractivity contribution < 1.29 is 23.5 Å². The van der Waals surface area contributed by atoms with Gasteiger partial charge in [-0.25, -0.2) is 8.78 Å². The summed E-state index contributed by atoms with van der Waals surface area (Å²) in [6.07, 6.45) is 0. The molecule has 0 spiro atoms. The van der Waals surface area contributed by atoms with E-state index in [1.807, 2.05) is 0 Å². The van der Waals surface area contributed by atoms with E-state index in [4.69, 9.17) is 16.7 Å². The molecule has 1 fully saturated rings. The standard InChI is InChI=1S/C11H8ClF2NO3/c12-6-2-7(13)4(1-8(6)14)5-3-15-10(16)9(5)11(17)18/h1-2,5,9H,3H2,(H,15,16)(H,17,18)/t5-,9-/m0/s1. The van der Waals surface area contributed by atoms with E-state index in [2.05, 4.69) is 5.32 Å². The van der Waals surface area contributed by atoms with Crippen LogP contribution in [0.1, 0.15) is 11.5 Å². The third kappa shape index (κ3) is 2.03. The fourth-order valence-corrected chi connectivity index (χ4v) is 2.17.